The Kier molecular flexibility index (Phi) is 5.59. The molecule has 1 atom stereocenters. The lowest BCUT2D eigenvalue weighted by atomic mass is 9.90. The van der Waals surface area contributed by atoms with Crippen LogP contribution >= 0.6 is 0 Å². The van der Waals surface area contributed by atoms with Crippen molar-refractivity contribution in [2.75, 3.05) is 13.7 Å². The van der Waals surface area contributed by atoms with E-state index >= 15 is 0 Å². The van der Waals surface area contributed by atoms with Gasteiger partial charge >= 0.3 is 0 Å². The van der Waals surface area contributed by atoms with Crippen molar-refractivity contribution in [2.24, 2.45) is 0 Å². The zero-order chi connectivity index (χ0) is 17.6. The first kappa shape index (κ1) is 17.3. The Labute approximate surface area is 149 Å². The average molecular weight is 339 g/mol. The van der Waals surface area contributed by atoms with Crippen molar-refractivity contribution in [2.45, 2.75) is 38.6 Å². The fraction of sp³-hybridized carbons (Fsp3) is 0.381. The smallest absolute Gasteiger partial charge is 0.251 e. The molecule has 132 valence electrons. The highest BCUT2D eigenvalue weighted by Gasteiger charge is 2.14. The molecule has 0 aromatic heterocycles. The number of fused-ring (bicyclic) bond motifs is 1. The molecule has 1 amide bonds. The van der Waals surface area contributed by atoms with Gasteiger partial charge in [-0.15, -0.1) is 0 Å². The number of hydrogen-bond acceptors (Lipinski definition) is 3. The lowest BCUT2D eigenvalue weighted by Gasteiger charge is -2.18. The Hall–Kier alpha value is -2.49. The van der Waals surface area contributed by atoms with Crippen LogP contribution in [0.5, 0.6) is 11.5 Å². The second-order valence-corrected chi connectivity index (χ2v) is 6.55. The number of rotatable bonds is 6. The minimum atomic E-state index is -0.0781. The maximum atomic E-state index is 12.5. The summed E-state index contributed by atoms with van der Waals surface area (Å²) in [7, 11) is 1.63. The fourth-order valence-electron chi connectivity index (χ4n) is 3.12. The zero-order valence-electron chi connectivity index (χ0n) is 14.9. The van der Waals surface area contributed by atoms with E-state index in [-0.39, 0.29) is 11.9 Å². The number of carbonyl (C=O) groups is 1. The third-order valence-corrected chi connectivity index (χ3v) is 4.55. The number of hydrogen-bond donors (Lipinski definition) is 1. The van der Waals surface area contributed by atoms with Gasteiger partial charge in [-0.1, -0.05) is 6.07 Å². The summed E-state index contributed by atoms with van der Waals surface area (Å²) in [5, 5.41) is 3.01. The summed E-state index contributed by atoms with van der Waals surface area (Å²) in [6.45, 7) is 2.36. The molecule has 0 radical (unpaired) electrons. The molecule has 3 rings (SSSR count). The Morgan fingerprint density at radius 2 is 1.72 bits per heavy atom. The van der Waals surface area contributed by atoms with Gasteiger partial charge < -0.3 is 14.8 Å². The van der Waals surface area contributed by atoms with Crippen molar-refractivity contribution < 1.29 is 14.3 Å². The summed E-state index contributed by atoms with van der Waals surface area (Å²) < 4.78 is 10.8. The monoisotopic (exact) mass is 339 g/mol. The van der Waals surface area contributed by atoms with Crippen LogP contribution in [0.4, 0.5) is 0 Å². The van der Waals surface area contributed by atoms with Gasteiger partial charge in [0.15, 0.2) is 0 Å². The van der Waals surface area contributed by atoms with Crippen molar-refractivity contribution in [1.29, 1.82) is 0 Å². The van der Waals surface area contributed by atoms with Gasteiger partial charge in [-0.25, -0.2) is 0 Å². The predicted molar refractivity (Wildman–Crippen MR) is 98.5 cm³/mol. The molecule has 4 nitrogen and oxygen atoms in total. The molecule has 0 saturated carbocycles. The van der Waals surface area contributed by atoms with Crippen LogP contribution in [0.25, 0.3) is 0 Å². The number of carbonyl (C=O) groups excluding carboxylic acids is 1. The highest BCUT2D eigenvalue weighted by Crippen LogP contribution is 2.22. The molecule has 1 aliphatic rings. The largest absolute Gasteiger partial charge is 0.497 e. The van der Waals surface area contributed by atoms with Gasteiger partial charge in [0, 0.05) is 5.56 Å². The van der Waals surface area contributed by atoms with E-state index < -0.39 is 0 Å². The van der Waals surface area contributed by atoms with Crippen LogP contribution in [0.3, 0.4) is 0 Å². The summed E-state index contributed by atoms with van der Waals surface area (Å²) in [5.74, 6) is 1.51. The SMILES string of the molecule is COc1ccc(OC[C@H](C)NC(=O)c2ccc3c(c2)CCCC3)cc1. The van der Waals surface area contributed by atoms with Crippen molar-refractivity contribution >= 4 is 5.91 Å². The van der Waals surface area contributed by atoms with E-state index in [0.29, 0.717) is 6.61 Å². The number of methoxy groups -OCH3 is 1. The molecule has 1 aliphatic carbocycles. The van der Waals surface area contributed by atoms with Crippen molar-refractivity contribution in [3.05, 3.63) is 59.2 Å². The van der Waals surface area contributed by atoms with E-state index in [1.54, 1.807) is 7.11 Å². The second-order valence-electron chi connectivity index (χ2n) is 6.55. The minimum Gasteiger partial charge on any atom is -0.497 e. The van der Waals surface area contributed by atoms with Crippen molar-refractivity contribution in [3.63, 3.8) is 0 Å². The van der Waals surface area contributed by atoms with Gasteiger partial charge in [-0.2, -0.15) is 0 Å². The second kappa shape index (κ2) is 8.06. The van der Waals surface area contributed by atoms with E-state index in [0.717, 1.165) is 29.9 Å². The van der Waals surface area contributed by atoms with Gasteiger partial charge in [0.05, 0.1) is 13.2 Å². The maximum absolute atomic E-state index is 12.5. The molecule has 1 N–H and O–H groups in total. The lowest BCUT2D eigenvalue weighted by molar-refractivity contribution is 0.0926. The maximum Gasteiger partial charge on any atom is 0.251 e. The van der Waals surface area contributed by atoms with E-state index in [1.807, 2.05) is 43.3 Å². The number of ether oxygens (including phenoxy) is 2. The van der Waals surface area contributed by atoms with E-state index in [1.165, 1.54) is 24.0 Å². The third-order valence-electron chi connectivity index (χ3n) is 4.55. The molecule has 0 fully saturated rings. The molecule has 0 aliphatic heterocycles. The van der Waals surface area contributed by atoms with Gasteiger partial charge in [-0.05, 0) is 80.1 Å². The highest BCUT2D eigenvalue weighted by atomic mass is 16.5. The fourth-order valence-corrected chi connectivity index (χ4v) is 3.12. The molecular formula is C21H25NO3. The summed E-state index contributed by atoms with van der Waals surface area (Å²) in [4.78, 5) is 12.5. The zero-order valence-corrected chi connectivity index (χ0v) is 14.9. The molecule has 0 heterocycles. The summed E-state index contributed by atoms with van der Waals surface area (Å²) in [6.07, 6.45) is 4.67. The summed E-state index contributed by atoms with van der Waals surface area (Å²) in [6, 6.07) is 13.4. The lowest BCUT2D eigenvalue weighted by Crippen LogP contribution is -2.36. The molecule has 2 aromatic carbocycles. The van der Waals surface area contributed by atoms with Crippen LogP contribution in [0, 0.1) is 0 Å². The van der Waals surface area contributed by atoms with Crippen molar-refractivity contribution in [1.82, 2.24) is 5.32 Å². The number of nitrogens with one attached hydrogen (secondary N) is 1. The average Bonchev–Trinajstić information content (AvgIpc) is 2.66. The molecule has 0 bridgehead atoms. The molecule has 25 heavy (non-hydrogen) atoms. The predicted octanol–water partition coefficient (Wildman–Crippen LogP) is 3.77. The van der Waals surface area contributed by atoms with Gasteiger partial charge in [0.25, 0.3) is 5.91 Å². The van der Waals surface area contributed by atoms with E-state index in [4.69, 9.17) is 9.47 Å². The summed E-state index contributed by atoms with van der Waals surface area (Å²) in [5.41, 5.74) is 3.44. The minimum absolute atomic E-state index is 0.0424. The molecular weight excluding hydrogens is 314 g/mol. The number of benzene rings is 2. The number of amides is 1. The highest BCUT2D eigenvalue weighted by molar-refractivity contribution is 5.94. The molecule has 0 saturated heterocycles. The summed E-state index contributed by atoms with van der Waals surface area (Å²) >= 11 is 0. The Balaban J connectivity index is 1.53. The Bertz CT molecular complexity index is 724. The standard InChI is InChI=1S/C21H25NO3/c1-15(14-25-20-11-9-19(24-2)10-12-20)22-21(23)18-8-7-16-5-3-4-6-17(16)13-18/h7-13,15H,3-6,14H2,1-2H3,(H,22,23)/t15-/m0/s1. The number of aryl methyl sites for hydroxylation is 2. The Morgan fingerprint density at radius 3 is 2.44 bits per heavy atom. The first-order chi connectivity index (χ1) is 12.2. The third kappa shape index (κ3) is 4.53. The van der Waals surface area contributed by atoms with Gasteiger partial charge in [-0.3, -0.25) is 4.79 Å². The molecule has 2 aromatic rings. The normalized spacial score (nSPS) is 14.3. The van der Waals surface area contributed by atoms with Gasteiger partial charge in [0.2, 0.25) is 0 Å². The first-order valence-electron chi connectivity index (χ1n) is 8.85. The first-order valence-corrected chi connectivity index (χ1v) is 8.85. The van der Waals surface area contributed by atoms with Crippen LogP contribution in [-0.4, -0.2) is 25.7 Å². The van der Waals surface area contributed by atoms with Crippen LogP contribution in [0.1, 0.15) is 41.3 Å². The van der Waals surface area contributed by atoms with Crippen LogP contribution in [-0.2, 0) is 12.8 Å². The molecule has 0 spiro atoms. The molecule has 0 unspecified atom stereocenters. The van der Waals surface area contributed by atoms with Crippen molar-refractivity contribution in [3.8, 4) is 11.5 Å². The Morgan fingerprint density at radius 1 is 1.04 bits per heavy atom. The van der Waals surface area contributed by atoms with Crippen LogP contribution in [0.2, 0.25) is 0 Å². The van der Waals surface area contributed by atoms with E-state index in [2.05, 4.69) is 11.4 Å². The topological polar surface area (TPSA) is 47.6 Å². The van der Waals surface area contributed by atoms with Crippen LogP contribution < -0.4 is 14.8 Å². The van der Waals surface area contributed by atoms with E-state index in [9.17, 15) is 4.79 Å². The quantitative estimate of drug-likeness (QED) is 0.871. The van der Waals surface area contributed by atoms with Gasteiger partial charge in [0.1, 0.15) is 18.1 Å². The molecule has 4 heteroatoms. The van der Waals surface area contributed by atoms with Crippen LogP contribution in [0.15, 0.2) is 42.5 Å².